The second-order valence-electron chi connectivity index (χ2n) is 8.70. The topological polar surface area (TPSA) is 83.0 Å². The van der Waals surface area contributed by atoms with Crippen LogP contribution in [0.25, 0.3) is 10.2 Å². The van der Waals surface area contributed by atoms with E-state index >= 15 is 0 Å². The molecular weight excluding hydrogens is 552 g/mol. The van der Waals surface area contributed by atoms with E-state index in [0.29, 0.717) is 36.8 Å². The smallest absolute Gasteiger partial charge is 0.247 e. The van der Waals surface area contributed by atoms with Crippen molar-refractivity contribution in [3.63, 3.8) is 0 Å². The van der Waals surface area contributed by atoms with Crippen LogP contribution in [0.3, 0.4) is 0 Å². The quantitative estimate of drug-likeness (QED) is 0.377. The predicted molar refractivity (Wildman–Crippen MR) is 143 cm³/mol. The fourth-order valence-corrected chi connectivity index (χ4v) is 7.38. The number of hydrogen-bond donors (Lipinski definition) is 0. The molecule has 0 radical (unpaired) electrons. The molecule has 1 aliphatic heterocycles. The van der Waals surface area contributed by atoms with Crippen LogP contribution < -0.4 is 9.64 Å². The molecule has 11 heteroatoms. The van der Waals surface area contributed by atoms with Crippen LogP contribution in [0.15, 0.2) is 51.8 Å². The van der Waals surface area contributed by atoms with Crippen molar-refractivity contribution < 1.29 is 17.9 Å². The van der Waals surface area contributed by atoms with Gasteiger partial charge in [-0.3, -0.25) is 9.69 Å². The highest BCUT2D eigenvalue weighted by molar-refractivity contribution is 9.10. The number of ether oxygens (including phenoxy) is 1. The lowest BCUT2D eigenvalue weighted by atomic mass is 10.2. The third-order valence-corrected chi connectivity index (χ3v) is 9.43. The number of fused-ring (bicyclic) bond motifs is 1. The molecular formula is C24H29BrN4O4S2. The van der Waals surface area contributed by atoms with Crippen LogP contribution in [0.4, 0.5) is 5.13 Å². The molecule has 1 fully saturated rings. The SMILES string of the molecule is COc1ccc(S(=O)(=O)N2CCCC2C(=O)N(CCCN(C)C)c2nc3ccc(Br)cc3s2)cc1. The predicted octanol–water partition coefficient (Wildman–Crippen LogP) is 4.21. The Labute approximate surface area is 218 Å². The van der Waals surface area contributed by atoms with E-state index in [4.69, 9.17) is 9.72 Å². The van der Waals surface area contributed by atoms with Gasteiger partial charge >= 0.3 is 0 Å². The minimum atomic E-state index is -3.84. The number of halogens is 1. The van der Waals surface area contributed by atoms with Crippen LogP contribution in [0.2, 0.25) is 0 Å². The zero-order chi connectivity index (χ0) is 25.2. The van der Waals surface area contributed by atoms with Crippen LogP contribution >= 0.6 is 27.3 Å². The van der Waals surface area contributed by atoms with Gasteiger partial charge in [-0.05, 0) is 82.4 Å². The molecule has 1 unspecified atom stereocenters. The van der Waals surface area contributed by atoms with Gasteiger partial charge in [0.1, 0.15) is 11.8 Å². The van der Waals surface area contributed by atoms with Crippen LogP contribution in [0.5, 0.6) is 5.75 Å². The van der Waals surface area contributed by atoms with Crippen molar-refractivity contribution in [2.45, 2.75) is 30.2 Å². The lowest BCUT2D eigenvalue weighted by Gasteiger charge is -2.29. The number of carbonyl (C=O) groups excluding carboxylic acids is 1. The second kappa shape index (κ2) is 10.9. The van der Waals surface area contributed by atoms with Gasteiger partial charge in [0.15, 0.2) is 5.13 Å². The lowest BCUT2D eigenvalue weighted by Crippen LogP contribution is -2.48. The fraction of sp³-hybridized carbons (Fsp3) is 0.417. The molecule has 0 bridgehead atoms. The zero-order valence-electron chi connectivity index (χ0n) is 20.0. The second-order valence-corrected chi connectivity index (χ2v) is 12.5. The summed E-state index contributed by atoms with van der Waals surface area (Å²) in [7, 11) is 1.67. The molecule has 0 N–H and O–H groups in total. The first-order chi connectivity index (χ1) is 16.7. The Balaban J connectivity index is 1.64. The summed E-state index contributed by atoms with van der Waals surface area (Å²) in [6, 6.07) is 11.3. The van der Waals surface area contributed by atoms with Gasteiger partial charge in [0, 0.05) is 17.6 Å². The Bertz CT molecular complexity index is 1290. The zero-order valence-corrected chi connectivity index (χ0v) is 23.2. The molecule has 2 aromatic carbocycles. The van der Waals surface area contributed by atoms with E-state index in [-0.39, 0.29) is 10.8 Å². The first-order valence-electron chi connectivity index (χ1n) is 11.4. The first kappa shape index (κ1) is 26.0. The Hall–Kier alpha value is -2.05. The molecule has 4 rings (SSSR count). The van der Waals surface area contributed by atoms with Gasteiger partial charge < -0.3 is 9.64 Å². The van der Waals surface area contributed by atoms with Gasteiger partial charge in [0.25, 0.3) is 0 Å². The number of sulfonamides is 1. The number of thiazole rings is 1. The summed E-state index contributed by atoms with van der Waals surface area (Å²) in [5.74, 6) is 0.351. The minimum Gasteiger partial charge on any atom is -0.497 e. The molecule has 1 amide bonds. The minimum absolute atomic E-state index is 0.155. The van der Waals surface area contributed by atoms with E-state index in [1.807, 2.05) is 32.3 Å². The Kier molecular flexibility index (Phi) is 8.12. The number of aromatic nitrogens is 1. The number of carbonyl (C=O) groups is 1. The van der Waals surface area contributed by atoms with Crippen molar-refractivity contribution >= 4 is 58.5 Å². The molecule has 0 aliphatic carbocycles. The van der Waals surface area contributed by atoms with Crippen molar-refractivity contribution in [1.29, 1.82) is 0 Å². The average Bonchev–Trinajstić information content (AvgIpc) is 3.49. The van der Waals surface area contributed by atoms with Crippen molar-refractivity contribution in [3.05, 3.63) is 46.9 Å². The Morgan fingerprint density at radius 2 is 1.94 bits per heavy atom. The van der Waals surface area contributed by atoms with E-state index in [1.165, 1.54) is 34.9 Å². The summed E-state index contributed by atoms with van der Waals surface area (Å²) in [5.41, 5.74) is 0.813. The van der Waals surface area contributed by atoms with Gasteiger partial charge in [-0.1, -0.05) is 27.3 Å². The Morgan fingerprint density at radius 1 is 1.20 bits per heavy atom. The van der Waals surface area contributed by atoms with Gasteiger partial charge in [0.05, 0.1) is 22.2 Å². The highest BCUT2D eigenvalue weighted by atomic mass is 79.9. The van der Waals surface area contributed by atoms with Crippen molar-refractivity contribution in [2.75, 3.05) is 45.7 Å². The average molecular weight is 582 g/mol. The Morgan fingerprint density at radius 3 is 2.63 bits per heavy atom. The highest BCUT2D eigenvalue weighted by Gasteiger charge is 2.42. The maximum absolute atomic E-state index is 13.9. The summed E-state index contributed by atoms with van der Waals surface area (Å²) < 4.78 is 35.4. The molecule has 8 nitrogen and oxygen atoms in total. The number of methoxy groups -OCH3 is 1. The molecule has 0 saturated carbocycles. The van der Waals surface area contributed by atoms with E-state index < -0.39 is 16.1 Å². The molecule has 3 aromatic rings. The standard InChI is InChI=1S/C24H29BrN4O4S2/c1-27(2)13-5-14-28(24-26-20-12-7-17(25)16-22(20)34-24)23(30)21-6-4-15-29(21)35(31,32)19-10-8-18(33-3)9-11-19/h7-12,16,21H,4-6,13-15H2,1-3H3. The maximum Gasteiger partial charge on any atom is 0.247 e. The fourth-order valence-electron chi connectivity index (χ4n) is 4.18. The molecule has 1 aliphatic rings. The maximum atomic E-state index is 13.9. The molecule has 0 spiro atoms. The normalized spacial score (nSPS) is 16.8. The summed E-state index contributed by atoms with van der Waals surface area (Å²) in [6.07, 6.45) is 1.86. The number of benzene rings is 2. The molecule has 1 atom stereocenters. The van der Waals surface area contributed by atoms with Crippen LogP contribution in [-0.4, -0.2) is 75.4 Å². The highest BCUT2D eigenvalue weighted by Crippen LogP contribution is 2.34. The summed E-state index contributed by atoms with van der Waals surface area (Å²) >= 11 is 4.94. The third kappa shape index (κ3) is 5.69. The molecule has 2 heterocycles. The molecule has 35 heavy (non-hydrogen) atoms. The summed E-state index contributed by atoms with van der Waals surface area (Å²) in [6.45, 7) is 1.58. The molecule has 1 aromatic heterocycles. The van der Waals surface area contributed by atoms with Crippen molar-refractivity contribution in [2.24, 2.45) is 0 Å². The van der Waals surface area contributed by atoms with Gasteiger partial charge in [0.2, 0.25) is 15.9 Å². The number of rotatable bonds is 9. The van der Waals surface area contributed by atoms with E-state index in [0.717, 1.165) is 27.7 Å². The molecule has 188 valence electrons. The molecule has 1 saturated heterocycles. The monoisotopic (exact) mass is 580 g/mol. The van der Waals surface area contributed by atoms with Crippen LogP contribution in [0.1, 0.15) is 19.3 Å². The number of nitrogens with zero attached hydrogens (tertiary/aromatic N) is 4. The van der Waals surface area contributed by atoms with E-state index in [2.05, 4.69) is 20.8 Å². The number of anilines is 1. The third-order valence-electron chi connectivity index (χ3n) is 5.98. The number of hydrogen-bond acceptors (Lipinski definition) is 7. The first-order valence-corrected chi connectivity index (χ1v) is 14.4. The van der Waals surface area contributed by atoms with Crippen LogP contribution in [-0.2, 0) is 14.8 Å². The van der Waals surface area contributed by atoms with Crippen LogP contribution in [0, 0.1) is 0 Å². The van der Waals surface area contributed by atoms with E-state index in [9.17, 15) is 13.2 Å². The summed E-state index contributed by atoms with van der Waals surface area (Å²) in [4.78, 5) is 22.5. The summed E-state index contributed by atoms with van der Waals surface area (Å²) in [5, 5.41) is 0.593. The lowest BCUT2D eigenvalue weighted by molar-refractivity contribution is -0.121. The van der Waals surface area contributed by atoms with E-state index in [1.54, 1.807) is 17.0 Å². The van der Waals surface area contributed by atoms with Gasteiger partial charge in [-0.2, -0.15) is 4.31 Å². The van der Waals surface area contributed by atoms with Crippen molar-refractivity contribution in [3.8, 4) is 5.75 Å². The van der Waals surface area contributed by atoms with Gasteiger partial charge in [-0.15, -0.1) is 0 Å². The largest absolute Gasteiger partial charge is 0.497 e. The van der Waals surface area contributed by atoms with Gasteiger partial charge in [-0.25, -0.2) is 13.4 Å². The number of amides is 1. The van der Waals surface area contributed by atoms with Crippen molar-refractivity contribution in [1.82, 2.24) is 14.2 Å².